The van der Waals surface area contributed by atoms with Crippen LogP contribution in [0.3, 0.4) is 0 Å². The van der Waals surface area contributed by atoms with E-state index in [-0.39, 0.29) is 17.9 Å². The van der Waals surface area contributed by atoms with Crippen molar-refractivity contribution < 1.29 is 13.5 Å². The summed E-state index contributed by atoms with van der Waals surface area (Å²) in [4.78, 5) is 0. The Kier molecular flexibility index (Phi) is 4.87. The highest BCUT2D eigenvalue weighted by atomic mass is 19.1. The zero-order valence-electron chi connectivity index (χ0n) is 10.5. The highest BCUT2D eigenvalue weighted by Crippen LogP contribution is 2.25. The van der Waals surface area contributed by atoms with E-state index in [0.717, 1.165) is 0 Å². The first-order chi connectivity index (χ1) is 7.93. The van der Waals surface area contributed by atoms with Crippen molar-refractivity contribution in [2.24, 2.45) is 5.73 Å². The number of ether oxygens (including phenoxy) is 1. The topological polar surface area (TPSA) is 35.2 Å². The van der Waals surface area contributed by atoms with Crippen LogP contribution in [-0.4, -0.2) is 12.1 Å². The molecule has 96 valence electrons. The van der Waals surface area contributed by atoms with Gasteiger partial charge in [0.2, 0.25) is 0 Å². The molecular formula is C13H19F2NO. The fourth-order valence-electron chi connectivity index (χ4n) is 1.50. The van der Waals surface area contributed by atoms with E-state index in [1.54, 1.807) is 13.8 Å². The van der Waals surface area contributed by atoms with Gasteiger partial charge in [-0.15, -0.1) is 0 Å². The van der Waals surface area contributed by atoms with Crippen molar-refractivity contribution >= 4 is 0 Å². The molecule has 0 heterocycles. The first-order valence-corrected chi connectivity index (χ1v) is 5.84. The van der Waals surface area contributed by atoms with Crippen molar-refractivity contribution in [1.29, 1.82) is 0 Å². The number of nitrogens with two attached hydrogens (primary N) is 1. The molecule has 0 radical (unpaired) electrons. The van der Waals surface area contributed by atoms with Gasteiger partial charge >= 0.3 is 0 Å². The van der Waals surface area contributed by atoms with E-state index in [4.69, 9.17) is 10.5 Å². The van der Waals surface area contributed by atoms with Crippen molar-refractivity contribution in [3.8, 4) is 5.75 Å². The molecule has 17 heavy (non-hydrogen) atoms. The molecule has 1 rings (SSSR count). The van der Waals surface area contributed by atoms with Crippen LogP contribution >= 0.6 is 0 Å². The number of rotatable bonds is 5. The van der Waals surface area contributed by atoms with Gasteiger partial charge in [0.1, 0.15) is 0 Å². The van der Waals surface area contributed by atoms with Crippen LogP contribution in [0.15, 0.2) is 12.1 Å². The zero-order chi connectivity index (χ0) is 13.0. The molecule has 0 bridgehead atoms. The SMILES string of the molecule is CCC(C)Oc1c(F)cc(CC(C)N)cc1F. The standard InChI is InChI=1S/C13H19F2NO/c1-4-9(3)17-13-11(14)6-10(5-8(2)16)7-12(13)15/h6-9H,4-5,16H2,1-3H3. The van der Waals surface area contributed by atoms with Crippen molar-refractivity contribution in [2.75, 3.05) is 0 Å². The number of hydrogen-bond donors (Lipinski definition) is 1. The Morgan fingerprint density at radius 3 is 2.18 bits per heavy atom. The summed E-state index contributed by atoms with van der Waals surface area (Å²) in [5, 5.41) is 0. The smallest absolute Gasteiger partial charge is 0.191 e. The van der Waals surface area contributed by atoms with Crippen LogP contribution in [0.25, 0.3) is 0 Å². The summed E-state index contributed by atoms with van der Waals surface area (Å²) in [6.45, 7) is 5.46. The van der Waals surface area contributed by atoms with Crippen LogP contribution < -0.4 is 10.5 Å². The van der Waals surface area contributed by atoms with E-state index in [9.17, 15) is 8.78 Å². The Bertz CT molecular complexity index is 357. The Labute approximate surface area is 101 Å². The van der Waals surface area contributed by atoms with E-state index < -0.39 is 11.6 Å². The Morgan fingerprint density at radius 2 is 1.76 bits per heavy atom. The summed E-state index contributed by atoms with van der Waals surface area (Å²) >= 11 is 0. The molecule has 2 N–H and O–H groups in total. The molecule has 0 fully saturated rings. The molecule has 2 nitrogen and oxygen atoms in total. The minimum Gasteiger partial charge on any atom is -0.485 e. The highest BCUT2D eigenvalue weighted by Gasteiger charge is 2.15. The van der Waals surface area contributed by atoms with Crippen LogP contribution in [0.2, 0.25) is 0 Å². The van der Waals surface area contributed by atoms with Gasteiger partial charge in [-0.2, -0.15) is 0 Å². The molecule has 0 aliphatic carbocycles. The molecule has 2 atom stereocenters. The summed E-state index contributed by atoms with van der Waals surface area (Å²) in [5.41, 5.74) is 6.14. The molecule has 2 unspecified atom stereocenters. The maximum absolute atomic E-state index is 13.7. The molecular weight excluding hydrogens is 224 g/mol. The van der Waals surface area contributed by atoms with Crippen molar-refractivity contribution in [3.05, 3.63) is 29.3 Å². The zero-order valence-corrected chi connectivity index (χ0v) is 10.5. The molecule has 1 aromatic carbocycles. The number of hydrogen-bond acceptors (Lipinski definition) is 2. The fraction of sp³-hybridized carbons (Fsp3) is 0.538. The molecule has 1 aromatic rings. The van der Waals surface area contributed by atoms with Gasteiger partial charge in [0, 0.05) is 6.04 Å². The maximum atomic E-state index is 13.7. The lowest BCUT2D eigenvalue weighted by atomic mass is 10.1. The second kappa shape index (κ2) is 5.96. The lowest BCUT2D eigenvalue weighted by Gasteiger charge is -2.15. The molecule has 0 amide bonds. The van der Waals surface area contributed by atoms with Crippen LogP contribution in [0, 0.1) is 11.6 Å². The van der Waals surface area contributed by atoms with Gasteiger partial charge in [0.25, 0.3) is 0 Å². The lowest BCUT2D eigenvalue weighted by Crippen LogP contribution is -2.18. The maximum Gasteiger partial charge on any atom is 0.191 e. The van der Waals surface area contributed by atoms with Gasteiger partial charge in [0.05, 0.1) is 6.10 Å². The van der Waals surface area contributed by atoms with Crippen LogP contribution in [0.5, 0.6) is 5.75 Å². The van der Waals surface area contributed by atoms with Crippen molar-refractivity contribution in [2.45, 2.75) is 45.8 Å². The van der Waals surface area contributed by atoms with Crippen molar-refractivity contribution in [3.63, 3.8) is 0 Å². The molecule has 0 saturated heterocycles. The third-order valence-corrected chi connectivity index (χ3v) is 2.51. The lowest BCUT2D eigenvalue weighted by molar-refractivity contribution is 0.197. The second-order valence-electron chi connectivity index (χ2n) is 4.41. The van der Waals surface area contributed by atoms with Gasteiger partial charge in [-0.3, -0.25) is 0 Å². The highest BCUT2D eigenvalue weighted by molar-refractivity contribution is 5.32. The first kappa shape index (κ1) is 13.9. The third kappa shape index (κ3) is 3.97. The average molecular weight is 243 g/mol. The summed E-state index contributed by atoms with van der Waals surface area (Å²) in [6.07, 6.45) is 0.927. The summed E-state index contributed by atoms with van der Waals surface area (Å²) in [7, 11) is 0. The Balaban J connectivity index is 2.94. The Hall–Kier alpha value is -1.16. The number of halogens is 2. The minimum atomic E-state index is -0.666. The van der Waals surface area contributed by atoms with Crippen LogP contribution in [0.4, 0.5) is 8.78 Å². The average Bonchev–Trinajstić information content (AvgIpc) is 2.22. The number of benzene rings is 1. The van der Waals surface area contributed by atoms with Gasteiger partial charge in [0.15, 0.2) is 17.4 Å². The van der Waals surface area contributed by atoms with Crippen LogP contribution in [-0.2, 0) is 6.42 Å². The van der Waals surface area contributed by atoms with E-state index in [0.29, 0.717) is 18.4 Å². The largest absolute Gasteiger partial charge is 0.485 e. The molecule has 0 aliphatic heterocycles. The summed E-state index contributed by atoms with van der Waals surface area (Å²) in [6, 6.07) is 2.43. The van der Waals surface area contributed by atoms with Gasteiger partial charge in [-0.05, 0) is 44.4 Å². The van der Waals surface area contributed by atoms with E-state index in [1.165, 1.54) is 12.1 Å². The second-order valence-corrected chi connectivity index (χ2v) is 4.41. The molecule has 0 aromatic heterocycles. The first-order valence-electron chi connectivity index (χ1n) is 5.84. The summed E-state index contributed by atoms with van der Waals surface area (Å²) in [5.74, 6) is -1.63. The van der Waals surface area contributed by atoms with Gasteiger partial charge in [-0.1, -0.05) is 6.92 Å². The van der Waals surface area contributed by atoms with Crippen molar-refractivity contribution in [1.82, 2.24) is 0 Å². The predicted octanol–water partition coefficient (Wildman–Crippen LogP) is 3.03. The van der Waals surface area contributed by atoms with E-state index >= 15 is 0 Å². The van der Waals surface area contributed by atoms with Crippen LogP contribution in [0.1, 0.15) is 32.8 Å². The normalized spacial score (nSPS) is 14.5. The molecule has 0 spiro atoms. The van der Waals surface area contributed by atoms with E-state index in [2.05, 4.69) is 0 Å². The van der Waals surface area contributed by atoms with Gasteiger partial charge < -0.3 is 10.5 Å². The minimum absolute atomic E-state index is 0.130. The molecule has 0 aliphatic rings. The molecule has 0 saturated carbocycles. The predicted molar refractivity (Wildman–Crippen MR) is 64.1 cm³/mol. The monoisotopic (exact) mass is 243 g/mol. The third-order valence-electron chi connectivity index (χ3n) is 2.51. The van der Waals surface area contributed by atoms with E-state index in [1.807, 2.05) is 6.92 Å². The Morgan fingerprint density at radius 1 is 1.24 bits per heavy atom. The molecule has 4 heteroatoms. The quantitative estimate of drug-likeness (QED) is 0.862. The summed E-state index contributed by atoms with van der Waals surface area (Å²) < 4.78 is 32.5. The fourth-order valence-corrected chi connectivity index (χ4v) is 1.50. The van der Waals surface area contributed by atoms with Gasteiger partial charge in [-0.25, -0.2) is 8.78 Å².